The topological polar surface area (TPSA) is 75.2 Å². The van der Waals surface area contributed by atoms with Crippen molar-refractivity contribution in [3.8, 4) is 0 Å². The summed E-state index contributed by atoms with van der Waals surface area (Å²) >= 11 is 0. The Kier molecular flexibility index (Phi) is 13.5. The highest BCUT2D eigenvalue weighted by Gasteiger charge is 2.11. The summed E-state index contributed by atoms with van der Waals surface area (Å²) in [4.78, 5) is 18.4. The van der Waals surface area contributed by atoms with Gasteiger partial charge in [-0.3, -0.25) is 9.79 Å². The molecule has 164 valence electrons. The van der Waals surface area contributed by atoms with Crippen LogP contribution in [0.15, 0.2) is 29.3 Å². The monoisotopic (exact) mass is 406 g/mol. The third kappa shape index (κ3) is 10.3. The summed E-state index contributed by atoms with van der Waals surface area (Å²) in [5.41, 5.74) is 1.81. The molecule has 0 heterocycles. The van der Waals surface area contributed by atoms with E-state index in [9.17, 15) is 4.79 Å². The van der Waals surface area contributed by atoms with E-state index in [1.165, 1.54) is 0 Å². The van der Waals surface area contributed by atoms with Crippen LogP contribution in [-0.2, 0) is 16.0 Å². The molecule has 1 aromatic carbocycles. The van der Waals surface area contributed by atoms with Gasteiger partial charge in [-0.15, -0.1) is 0 Å². The Labute approximate surface area is 175 Å². The van der Waals surface area contributed by atoms with Crippen molar-refractivity contribution in [1.82, 2.24) is 15.5 Å². The van der Waals surface area contributed by atoms with E-state index in [1.54, 1.807) is 7.05 Å². The minimum atomic E-state index is 0.0720. The molecule has 0 aromatic heterocycles. The van der Waals surface area contributed by atoms with Gasteiger partial charge in [-0.1, -0.05) is 25.5 Å². The lowest BCUT2D eigenvalue weighted by atomic mass is 10.1. The minimum Gasteiger partial charge on any atom is -0.379 e. The third-order valence-electron chi connectivity index (χ3n) is 4.49. The number of hydrogen-bond donors (Lipinski definition) is 2. The van der Waals surface area contributed by atoms with Crippen molar-refractivity contribution in [2.75, 3.05) is 53.1 Å². The molecule has 7 nitrogen and oxygen atoms in total. The number of amides is 1. The summed E-state index contributed by atoms with van der Waals surface area (Å²) in [6.07, 6.45) is 2.24. The number of benzene rings is 1. The highest BCUT2D eigenvalue weighted by molar-refractivity contribution is 5.94. The zero-order valence-electron chi connectivity index (χ0n) is 18.5. The number of nitrogens with zero attached hydrogens (tertiary/aromatic N) is 2. The lowest BCUT2D eigenvalue weighted by molar-refractivity contribution is 0.0487. The summed E-state index contributed by atoms with van der Waals surface area (Å²) in [6.45, 7) is 11.5. The van der Waals surface area contributed by atoms with Gasteiger partial charge in [0.05, 0.1) is 19.8 Å². The smallest absolute Gasteiger partial charge is 0.253 e. The van der Waals surface area contributed by atoms with Gasteiger partial charge < -0.3 is 25.0 Å². The van der Waals surface area contributed by atoms with E-state index in [4.69, 9.17) is 9.47 Å². The van der Waals surface area contributed by atoms with Crippen LogP contribution < -0.4 is 10.6 Å². The van der Waals surface area contributed by atoms with Gasteiger partial charge in [0.2, 0.25) is 0 Å². The first-order valence-electron chi connectivity index (χ1n) is 10.6. The molecule has 0 fully saturated rings. The lowest BCUT2D eigenvalue weighted by Gasteiger charge is -2.18. The number of guanidine groups is 1. The van der Waals surface area contributed by atoms with Crippen LogP contribution in [0, 0.1) is 0 Å². The van der Waals surface area contributed by atoms with Crippen LogP contribution in [0.25, 0.3) is 0 Å². The van der Waals surface area contributed by atoms with Crippen molar-refractivity contribution in [3.05, 3.63) is 35.4 Å². The van der Waals surface area contributed by atoms with Gasteiger partial charge in [0.15, 0.2) is 5.96 Å². The summed E-state index contributed by atoms with van der Waals surface area (Å²) in [5.74, 6) is 0.791. The van der Waals surface area contributed by atoms with Gasteiger partial charge in [-0.25, -0.2) is 0 Å². The SMILES string of the molecule is CCCCOCCOCCNC(=NC)NCc1ccc(C(=O)N(CC)CC)cc1. The Balaban J connectivity index is 2.26. The molecule has 1 amide bonds. The van der Waals surface area contributed by atoms with Gasteiger partial charge >= 0.3 is 0 Å². The fourth-order valence-corrected chi connectivity index (χ4v) is 2.67. The van der Waals surface area contributed by atoms with Crippen molar-refractivity contribution < 1.29 is 14.3 Å². The maximum absolute atomic E-state index is 12.4. The number of rotatable bonds is 14. The van der Waals surface area contributed by atoms with Crippen molar-refractivity contribution in [3.63, 3.8) is 0 Å². The molecule has 1 rings (SSSR count). The number of carbonyl (C=O) groups is 1. The number of unbranched alkanes of at least 4 members (excludes halogenated alkanes) is 1. The first kappa shape index (κ1) is 24.9. The zero-order chi connectivity index (χ0) is 21.3. The molecular formula is C22H38N4O3. The molecule has 7 heteroatoms. The lowest BCUT2D eigenvalue weighted by Crippen LogP contribution is -2.38. The zero-order valence-corrected chi connectivity index (χ0v) is 18.5. The number of ether oxygens (including phenoxy) is 2. The Hall–Kier alpha value is -2.12. The molecule has 2 N–H and O–H groups in total. The Bertz CT molecular complexity index is 586. The number of aliphatic imine (C=N–C) groups is 1. The Morgan fingerprint density at radius 3 is 2.21 bits per heavy atom. The highest BCUT2D eigenvalue weighted by atomic mass is 16.5. The predicted octanol–water partition coefficient (Wildman–Crippen LogP) is 2.67. The van der Waals surface area contributed by atoms with Crippen molar-refractivity contribution >= 4 is 11.9 Å². The molecule has 0 bridgehead atoms. The third-order valence-corrected chi connectivity index (χ3v) is 4.49. The van der Waals surface area contributed by atoms with Gasteiger partial charge in [0.25, 0.3) is 5.91 Å². The molecule has 0 unspecified atom stereocenters. The quantitative estimate of drug-likeness (QED) is 0.282. The molecule has 0 aliphatic rings. The van der Waals surface area contributed by atoms with Crippen molar-refractivity contribution in [2.24, 2.45) is 4.99 Å². The van der Waals surface area contributed by atoms with Crippen LogP contribution in [0.4, 0.5) is 0 Å². The summed E-state index contributed by atoms with van der Waals surface area (Å²) in [7, 11) is 1.74. The summed E-state index contributed by atoms with van der Waals surface area (Å²) in [5, 5.41) is 6.49. The van der Waals surface area contributed by atoms with E-state index >= 15 is 0 Å². The Morgan fingerprint density at radius 1 is 0.966 bits per heavy atom. The molecule has 0 saturated carbocycles. The Morgan fingerprint density at radius 2 is 1.62 bits per heavy atom. The van der Waals surface area contributed by atoms with Crippen LogP contribution in [0.1, 0.15) is 49.5 Å². The second-order valence-electron chi connectivity index (χ2n) is 6.61. The number of carbonyl (C=O) groups excluding carboxylic acids is 1. The molecule has 0 aliphatic carbocycles. The van der Waals surface area contributed by atoms with Gasteiger partial charge in [-0.05, 0) is 38.0 Å². The molecule has 0 radical (unpaired) electrons. The van der Waals surface area contributed by atoms with Crippen molar-refractivity contribution in [2.45, 2.75) is 40.2 Å². The van der Waals surface area contributed by atoms with E-state index < -0.39 is 0 Å². The van der Waals surface area contributed by atoms with Crippen LogP contribution in [0.3, 0.4) is 0 Å². The average molecular weight is 407 g/mol. The molecular weight excluding hydrogens is 368 g/mol. The second kappa shape index (κ2) is 15.8. The minimum absolute atomic E-state index is 0.0720. The number of nitrogens with one attached hydrogen (secondary N) is 2. The normalized spacial score (nSPS) is 11.4. The fraction of sp³-hybridized carbons (Fsp3) is 0.636. The molecule has 1 aromatic rings. The van der Waals surface area contributed by atoms with Gasteiger partial charge in [0.1, 0.15) is 0 Å². The molecule has 0 saturated heterocycles. The van der Waals surface area contributed by atoms with E-state index in [-0.39, 0.29) is 5.91 Å². The largest absolute Gasteiger partial charge is 0.379 e. The van der Waals surface area contributed by atoms with E-state index in [0.29, 0.717) is 32.9 Å². The average Bonchev–Trinajstić information content (AvgIpc) is 2.75. The van der Waals surface area contributed by atoms with E-state index in [1.807, 2.05) is 43.0 Å². The first-order valence-corrected chi connectivity index (χ1v) is 10.6. The second-order valence-corrected chi connectivity index (χ2v) is 6.61. The van der Waals surface area contributed by atoms with Gasteiger partial charge in [-0.2, -0.15) is 0 Å². The maximum Gasteiger partial charge on any atom is 0.253 e. The van der Waals surface area contributed by atoms with Crippen molar-refractivity contribution in [1.29, 1.82) is 0 Å². The van der Waals surface area contributed by atoms with Crippen LogP contribution in [-0.4, -0.2) is 69.9 Å². The number of hydrogen-bond acceptors (Lipinski definition) is 4. The summed E-state index contributed by atoms with van der Waals surface area (Å²) in [6, 6.07) is 7.70. The van der Waals surface area contributed by atoms with E-state index in [0.717, 1.165) is 49.6 Å². The molecule has 0 atom stereocenters. The van der Waals surface area contributed by atoms with Crippen LogP contribution in [0.5, 0.6) is 0 Å². The van der Waals surface area contributed by atoms with E-state index in [2.05, 4.69) is 22.5 Å². The first-order chi connectivity index (χ1) is 14.2. The molecule has 29 heavy (non-hydrogen) atoms. The molecule has 0 spiro atoms. The fourth-order valence-electron chi connectivity index (χ4n) is 2.67. The molecule has 0 aliphatic heterocycles. The van der Waals surface area contributed by atoms with Crippen LogP contribution >= 0.6 is 0 Å². The maximum atomic E-state index is 12.4. The van der Waals surface area contributed by atoms with Crippen LogP contribution in [0.2, 0.25) is 0 Å². The summed E-state index contributed by atoms with van der Waals surface area (Å²) < 4.78 is 11.0. The van der Waals surface area contributed by atoms with Gasteiger partial charge in [0, 0.05) is 45.4 Å². The highest BCUT2D eigenvalue weighted by Crippen LogP contribution is 2.08. The predicted molar refractivity (Wildman–Crippen MR) is 118 cm³/mol. The standard InChI is InChI=1S/C22H38N4O3/c1-5-8-14-28-16-17-29-15-13-24-22(23-4)25-18-19-9-11-20(12-10-19)21(27)26(6-2)7-3/h9-12H,5-8,13-18H2,1-4H3,(H2,23,24,25).